The van der Waals surface area contributed by atoms with Crippen molar-refractivity contribution < 1.29 is 23.5 Å². The molecule has 2 aromatic carbocycles. The second kappa shape index (κ2) is 9.16. The second-order valence-electron chi connectivity index (χ2n) is 7.95. The Morgan fingerprint density at radius 1 is 1.23 bits per heavy atom. The third kappa shape index (κ3) is 4.84. The molecule has 0 unspecified atom stereocenters. The van der Waals surface area contributed by atoms with E-state index in [4.69, 9.17) is 4.74 Å². The molecule has 2 N–H and O–H groups in total. The van der Waals surface area contributed by atoms with Crippen LogP contribution in [0.4, 0.5) is 9.18 Å². The van der Waals surface area contributed by atoms with Crippen molar-refractivity contribution in [2.45, 2.75) is 31.8 Å². The van der Waals surface area contributed by atoms with Crippen LogP contribution in [-0.2, 0) is 11.3 Å². The largest absolute Gasteiger partial charge is 0.493 e. The summed E-state index contributed by atoms with van der Waals surface area (Å²) in [4.78, 5) is 37.0. The molecule has 0 saturated heterocycles. The number of carbonyl (C=O) groups is 3. The van der Waals surface area contributed by atoms with E-state index in [1.54, 1.807) is 23.1 Å². The average Bonchev–Trinajstić information content (AvgIpc) is 3.02. The SMILES string of the molecule is O=CNC(=O)N[C@@H](CN1Cc2cc(OCC3CCC3)ccc2C1=O)c1ccc(F)cc1. The van der Waals surface area contributed by atoms with Crippen molar-refractivity contribution in [2.24, 2.45) is 5.92 Å². The third-order valence-electron chi connectivity index (χ3n) is 5.84. The number of carbonyl (C=O) groups excluding carboxylic acids is 3. The van der Waals surface area contributed by atoms with Crippen molar-refractivity contribution in [2.75, 3.05) is 13.2 Å². The minimum Gasteiger partial charge on any atom is -0.493 e. The van der Waals surface area contributed by atoms with Crippen LogP contribution in [0.3, 0.4) is 0 Å². The molecule has 7 nitrogen and oxygen atoms in total. The molecule has 1 aliphatic carbocycles. The van der Waals surface area contributed by atoms with Crippen molar-refractivity contribution >= 4 is 18.3 Å². The molecule has 1 saturated carbocycles. The van der Waals surface area contributed by atoms with Gasteiger partial charge in [-0.1, -0.05) is 18.6 Å². The molecule has 0 spiro atoms. The molecule has 31 heavy (non-hydrogen) atoms. The van der Waals surface area contributed by atoms with Crippen LogP contribution < -0.4 is 15.4 Å². The number of nitrogens with one attached hydrogen (secondary N) is 2. The minimum absolute atomic E-state index is 0.148. The number of imide groups is 1. The van der Waals surface area contributed by atoms with Crippen LogP contribution in [0.1, 0.15) is 46.8 Å². The zero-order chi connectivity index (χ0) is 21.8. The molecule has 0 aromatic heterocycles. The lowest BCUT2D eigenvalue weighted by Crippen LogP contribution is -2.42. The van der Waals surface area contributed by atoms with Gasteiger partial charge in [-0.3, -0.25) is 14.9 Å². The van der Waals surface area contributed by atoms with Crippen LogP contribution in [0.15, 0.2) is 42.5 Å². The standard InChI is InChI=1S/C23H24FN3O4/c24-18-6-4-16(5-7-18)21(26-23(30)25-14-28)12-27-11-17-10-19(8-9-20(17)22(27)29)31-13-15-2-1-3-15/h4-10,14-15,21H,1-3,11-13H2,(H2,25,26,28,30)/t21-/m0/s1. The van der Waals surface area contributed by atoms with E-state index in [1.807, 2.05) is 17.4 Å². The third-order valence-corrected chi connectivity index (χ3v) is 5.84. The number of fused-ring (bicyclic) bond motifs is 1. The number of benzene rings is 2. The number of halogens is 1. The summed E-state index contributed by atoms with van der Waals surface area (Å²) in [5.74, 6) is 0.814. The van der Waals surface area contributed by atoms with Gasteiger partial charge < -0.3 is 15.0 Å². The van der Waals surface area contributed by atoms with Crippen molar-refractivity contribution in [3.63, 3.8) is 0 Å². The fraction of sp³-hybridized carbons (Fsp3) is 0.348. The zero-order valence-corrected chi connectivity index (χ0v) is 17.0. The predicted octanol–water partition coefficient (Wildman–Crippen LogP) is 3.16. The van der Waals surface area contributed by atoms with Crippen LogP contribution in [0.2, 0.25) is 0 Å². The van der Waals surface area contributed by atoms with E-state index in [9.17, 15) is 18.8 Å². The Labute approximate surface area is 179 Å². The molecule has 2 aliphatic rings. The minimum atomic E-state index is -0.694. The Bertz CT molecular complexity index is 975. The van der Waals surface area contributed by atoms with Gasteiger partial charge in [0, 0.05) is 18.7 Å². The van der Waals surface area contributed by atoms with Crippen molar-refractivity contribution in [3.8, 4) is 5.75 Å². The van der Waals surface area contributed by atoms with Gasteiger partial charge in [0.2, 0.25) is 6.41 Å². The smallest absolute Gasteiger partial charge is 0.321 e. The Kier molecular flexibility index (Phi) is 6.16. The predicted molar refractivity (Wildman–Crippen MR) is 111 cm³/mol. The summed E-state index contributed by atoms with van der Waals surface area (Å²) in [5.41, 5.74) is 2.09. The average molecular weight is 425 g/mol. The molecule has 2 aromatic rings. The summed E-state index contributed by atoms with van der Waals surface area (Å²) >= 11 is 0. The number of hydrogen-bond donors (Lipinski definition) is 2. The monoisotopic (exact) mass is 425 g/mol. The molecule has 4 rings (SSSR count). The molecule has 1 heterocycles. The van der Waals surface area contributed by atoms with Crippen LogP contribution in [0, 0.1) is 11.7 Å². The summed E-state index contributed by atoms with van der Waals surface area (Å²) < 4.78 is 19.2. The van der Waals surface area contributed by atoms with Crippen molar-refractivity contribution in [1.29, 1.82) is 0 Å². The molecule has 1 fully saturated rings. The topological polar surface area (TPSA) is 87.7 Å². The number of urea groups is 1. The molecular weight excluding hydrogens is 401 g/mol. The molecule has 162 valence electrons. The van der Waals surface area contributed by atoms with E-state index in [1.165, 1.54) is 31.4 Å². The van der Waals surface area contributed by atoms with E-state index < -0.39 is 17.9 Å². The Hall–Kier alpha value is -3.42. The molecule has 0 radical (unpaired) electrons. The van der Waals surface area contributed by atoms with E-state index in [-0.39, 0.29) is 18.9 Å². The van der Waals surface area contributed by atoms with Gasteiger partial charge in [0.05, 0.1) is 12.6 Å². The Balaban J connectivity index is 1.46. The van der Waals surface area contributed by atoms with Gasteiger partial charge >= 0.3 is 6.03 Å². The first-order chi connectivity index (χ1) is 15.0. The van der Waals surface area contributed by atoms with Crippen molar-refractivity contribution in [1.82, 2.24) is 15.5 Å². The van der Waals surface area contributed by atoms with Gasteiger partial charge in [0.1, 0.15) is 11.6 Å². The Morgan fingerprint density at radius 2 is 2.00 bits per heavy atom. The van der Waals surface area contributed by atoms with E-state index >= 15 is 0 Å². The molecular formula is C23H24FN3O4. The fourth-order valence-electron chi connectivity index (χ4n) is 3.87. The van der Waals surface area contributed by atoms with Crippen LogP contribution in [0.25, 0.3) is 0 Å². The van der Waals surface area contributed by atoms with Crippen LogP contribution in [-0.4, -0.2) is 36.4 Å². The van der Waals surface area contributed by atoms with E-state index in [0.29, 0.717) is 30.2 Å². The van der Waals surface area contributed by atoms with Crippen molar-refractivity contribution in [3.05, 3.63) is 65.0 Å². The van der Waals surface area contributed by atoms with Gasteiger partial charge in [0.15, 0.2) is 0 Å². The maximum Gasteiger partial charge on any atom is 0.321 e. The first-order valence-electron chi connectivity index (χ1n) is 10.3. The lowest BCUT2D eigenvalue weighted by Gasteiger charge is -2.25. The number of amides is 4. The number of rotatable bonds is 8. The molecule has 1 atom stereocenters. The summed E-state index contributed by atoms with van der Waals surface area (Å²) in [7, 11) is 0. The number of nitrogens with zero attached hydrogens (tertiary/aromatic N) is 1. The normalized spacial score (nSPS) is 16.3. The molecule has 8 heteroatoms. The summed E-state index contributed by atoms with van der Waals surface area (Å²) in [6.45, 7) is 1.24. The van der Waals surface area contributed by atoms with E-state index in [2.05, 4.69) is 5.32 Å². The highest BCUT2D eigenvalue weighted by Gasteiger charge is 2.30. The second-order valence-corrected chi connectivity index (χ2v) is 7.95. The van der Waals surface area contributed by atoms with Gasteiger partial charge in [0.25, 0.3) is 5.91 Å². The lowest BCUT2D eigenvalue weighted by atomic mass is 9.86. The highest BCUT2D eigenvalue weighted by atomic mass is 19.1. The number of ether oxygens (including phenoxy) is 1. The quantitative estimate of drug-likeness (QED) is 0.636. The van der Waals surface area contributed by atoms with E-state index in [0.717, 1.165) is 11.3 Å². The summed E-state index contributed by atoms with van der Waals surface area (Å²) in [6.07, 6.45) is 3.94. The first kappa shape index (κ1) is 20.8. The van der Waals surface area contributed by atoms with Gasteiger partial charge in [-0.2, -0.15) is 0 Å². The van der Waals surface area contributed by atoms with Gasteiger partial charge in [-0.05, 0) is 60.2 Å². The Morgan fingerprint density at radius 3 is 2.68 bits per heavy atom. The van der Waals surface area contributed by atoms with Crippen LogP contribution in [0.5, 0.6) is 5.75 Å². The summed E-state index contributed by atoms with van der Waals surface area (Å²) in [5, 5.41) is 4.69. The first-order valence-corrected chi connectivity index (χ1v) is 10.3. The van der Waals surface area contributed by atoms with Gasteiger partial charge in [-0.25, -0.2) is 9.18 Å². The van der Waals surface area contributed by atoms with Crippen LogP contribution >= 0.6 is 0 Å². The lowest BCUT2D eigenvalue weighted by molar-refractivity contribution is -0.108. The highest BCUT2D eigenvalue weighted by molar-refractivity contribution is 5.98. The maximum atomic E-state index is 13.3. The summed E-state index contributed by atoms with van der Waals surface area (Å²) in [6, 6.07) is 9.82. The highest BCUT2D eigenvalue weighted by Crippen LogP contribution is 2.31. The molecule has 0 bridgehead atoms. The van der Waals surface area contributed by atoms with Gasteiger partial charge in [-0.15, -0.1) is 0 Å². The molecule has 1 aliphatic heterocycles. The maximum absolute atomic E-state index is 13.3. The fourth-order valence-corrected chi connectivity index (χ4v) is 3.87. The molecule has 4 amide bonds. The zero-order valence-electron chi connectivity index (χ0n) is 17.0. The number of hydrogen-bond acceptors (Lipinski definition) is 4.